The number of carbonyl (C=O) groups is 2. The Morgan fingerprint density at radius 3 is 2.61 bits per heavy atom. The molecule has 1 N–H and O–H groups in total. The van der Waals surface area contributed by atoms with Gasteiger partial charge in [-0.2, -0.15) is 9.37 Å². The smallest absolute Gasteiger partial charge is 0.469 e. The number of nitrogens with one attached hydrogen (secondary N) is 1. The van der Waals surface area contributed by atoms with Crippen LogP contribution in [0.2, 0.25) is 0 Å². The van der Waals surface area contributed by atoms with Crippen molar-refractivity contribution in [2.24, 2.45) is 0 Å². The number of halogens is 3. The Hall–Kier alpha value is -4.28. The van der Waals surface area contributed by atoms with Crippen LogP contribution in [0.15, 0.2) is 54.6 Å². The van der Waals surface area contributed by atoms with Gasteiger partial charge in [-0.1, -0.05) is 18.2 Å². The monoisotopic (exact) mass is 526 g/mol. The Morgan fingerprint density at radius 1 is 1.05 bits per heavy atom. The fraction of sp³-hybridized carbons (Fsp3) is 0.296. The summed E-state index contributed by atoms with van der Waals surface area (Å²) in [5.41, 5.74) is 1.05. The van der Waals surface area contributed by atoms with Gasteiger partial charge in [-0.3, -0.25) is 4.79 Å². The SMILES string of the molecule is COC(=O)c1cccc([C@H]2C[C@@H](NC(=O)C3(c4ccc5c(c4)OC(F)(F)O5)CC3)c3ccc(F)nc3O2)c1. The number of fused-ring (bicyclic) bond motifs is 2. The first-order chi connectivity index (χ1) is 18.2. The number of ether oxygens (including phenoxy) is 4. The van der Waals surface area contributed by atoms with E-state index < -0.39 is 35.8 Å². The summed E-state index contributed by atoms with van der Waals surface area (Å²) >= 11 is 0. The summed E-state index contributed by atoms with van der Waals surface area (Å²) in [5, 5.41) is 3.03. The highest BCUT2D eigenvalue weighted by atomic mass is 19.3. The van der Waals surface area contributed by atoms with Crippen LogP contribution < -0.4 is 19.5 Å². The van der Waals surface area contributed by atoms with Gasteiger partial charge in [0.05, 0.1) is 24.1 Å². The number of alkyl halides is 2. The molecule has 0 bridgehead atoms. The van der Waals surface area contributed by atoms with E-state index in [2.05, 4.69) is 19.8 Å². The van der Waals surface area contributed by atoms with Crippen LogP contribution in [-0.2, 0) is 14.9 Å². The molecule has 0 unspecified atom stereocenters. The second kappa shape index (κ2) is 8.64. The Bertz CT molecular complexity index is 1460. The van der Waals surface area contributed by atoms with Crippen LogP contribution in [0.5, 0.6) is 17.4 Å². The van der Waals surface area contributed by atoms with Gasteiger partial charge in [-0.15, -0.1) is 8.78 Å². The van der Waals surface area contributed by atoms with Crippen molar-refractivity contribution < 1.29 is 41.7 Å². The fourth-order valence-corrected chi connectivity index (χ4v) is 4.95. The molecule has 0 radical (unpaired) electrons. The van der Waals surface area contributed by atoms with Gasteiger partial charge in [-0.05, 0) is 60.4 Å². The van der Waals surface area contributed by atoms with Crippen molar-refractivity contribution in [1.82, 2.24) is 10.3 Å². The zero-order chi connectivity index (χ0) is 26.7. The van der Waals surface area contributed by atoms with Gasteiger partial charge in [0.15, 0.2) is 11.5 Å². The van der Waals surface area contributed by atoms with Crippen molar-refractivity contribution in [2.75, 3.05) is 7.11 Å². The lowest BCUT2D eigenvalue weighted by molar-refractivity contribution is -0.286. The third-order valence-electron chi connectivity index (χ3n) is 7.06. The maximum Gasteiger partial charge on any atom is 0.586 e. The van der Waals surface area contributed by atoms with Crippen molar-refractivity contribution in [2.45, 2.75) is 43.1 Å². The average molecular weight is 526 g/mol. The zero-order valence-corrected chi connectivity index (χ0v) is 20.0. The summed E-state index contributed by atoms with van der Waals surface area (Å²) < 4.78 is 60.8. The minimum atomic E-state index is -3.76. The van der Waals surface area contributed by atoms with E-state index in [4.69, 9.17) is 9.47 Å². The summed E-state index contributed by atoms with van der Waals surface area (Å²) in [6.07, 6.45) is -3.10. The van der Waals surface area contributed by atoms with Gasteiger partial charge in [0, 0.05) is 12.0 Å². The summed E-state index contributed by atoms with van der Waals surface area (Å²) in [6, 6.07) is 13.1. The van der Waals surface area contributed by atoms with E-state index in [-0.39, 0.29) is 29.7 Å². The topological polar surface area (TPSA) is 96.0 Å². The zero-order valence-electron chi connectivity index (χ0n) is 20.0. The number of pyridine rings is 1. The summed E-state index contributed by atoms with van der Waals surface area (Å²) in [7, 11) is 1.28. The van der Waals surface area contributed by atoms with Crippen molar-refractivity contribution in [3.63, 3.8) is 0 Å². The van der Waals surface area contributed by atoms with Gasteiger partial charge in [0.1, 0.15) is 6.10 Å². The van der Waals surface area contributed by atoms with Crippen LogP contribution >= 0.6 is 0 Å². The minimum absolute atomic E-state index is 0.0326. The lowest BCUT2D eigenvalue weighted by Crippen LogP contribution is -2.40. The molecule has 2 aliphatic heterocycles. The molecular formula is C27H21F3N2O6. The Morgan fingerprint density at radius 2 is 1.84 bits per heavy atom. The minimum Gasteiger partial charge on any atom is -0.469 e. The Balaban J connectivity index is 1.28. The molecule has 8 nitrogen and oxygen atoms in total. The number of benzene rings is 2. The van der Waals surface area contributed by atoms with E-state index in [9.17, 15) is 22.8 Å². The molecule has 3 heterocycles. The largest absolute Gasteiger partial charge is 0.586 e. The van der Waals surface area contributed by atoms with Gasteiger partial charge < -0.3 is 24.3 Å². The molecule has 1 aromatic heterocycles. The summed E-state index contributed by atoms with van der Waals surface area (Å²) in [6.45, 7) is 0. The van der Waals surface area contributed by atoms with Gasteiger partial charge in [-0.25, -0.2) is 4.79 Å². The van der Waals surface area contributed by atoms with Crippen LogP contribution in [0.1, 0.15) is 58.5 Å². The van der Waals surface area contributed by atoms with Gasteiger partial charge in [0.25, 0.3) is 0 Å². The molecule has 3 aromatic rings. The predicted molar refractivity (Wildman–Crippen MR) is 124 cm³/mol. The highest BCUT2D eigenvalue weighted by Crippen LogP contribution is 2.52. The number of hydrogen-bond acceptors (Lipinski definition) is 7. The molecule has 2 aromatic carbocycles. The second-order valence-electron chi connectivity index (χ2n) is 9.42. The first kappa shape index (κ1) is 24.1. The number of hydrogen-bond donors (Lipinski definition) is 1. The second-order valence-corrected chi connectivity index (χ2v) is 9.42. The van der Waals surface area contributed by atoms with Crippen LogP contribution in [0.3, 0.4) is 0 Å². The summed E-state index contributed by atoms with van der Waals surface area (Å²) in [4.78, 5) is 29.5. The first-order valence-electron chi connectivity index (χ1n) is 11.9. The molecule has 11 heteroatoms. The number of carbonyl (C=O) groups excluding carboxylic acids is 2. The van der Waals surface area contributed by atoms with E-state index in [1.54, 1.807) is 30.3 Å². The normalized spacial score (nSPS) is 21.6. The molecule has 1 aliphatic carbocycles. The Labute approximate surface area is 214 Å². The van der Waals surface area contributed by atoms with Crippen molar-refractivity contribution in [3.8, 4) is 17.4 Å². The average Bonchev–Trinajstić information content (AvgIpc) is 3.65. The van der Waals surface area contributed by atoms with E-state index in [1.165, 1.54) is 31.4 Å². The first-order valence-corrected chi connectivity index (χ1v) is 11.9. The summed E-state index contributed by atoms with van der Waals surface area (Å²) in [5.74, 6) is -1.77. The maximum atomic E-state index is 14.0. The third kappa shape index (κ3) is 4.17. The number of nitrogens with zero attached hydrogens (tertiary/aromatic N) is 1. The maximum absolute atomic E-state index is 14.0. The highest BCUT2D eigenvalue weighted by Gasteiger charge is 2.53. The lowest BCUT2D eigenvalue weighted by atomic mass is 9.91. The fourth-order valence-electron chi connectivity index (χ4n) is 4.95. The molecule has 0 spiro atoms. The number of aromatic nitrogens is 1. The number of esters is 1. The highest BCUT2D eigenvalue weighted by molar-refractivity contribution is 5.92. The van der Waals surface area contributed by atoms with Crippen LogP contribution in [0.25, 0.3) is 0 Å². The van der Waals surface area contributed by atoms with Crippen molar-refractivity contribution >= 4 is 11.9 Å². The third-order valence-corrected chi connectivity index (χ3v) is 7.06. The van der Waals surface area contributed by atoms with Crippen molar-refractivity contribution in [3.05, 3.63) is 82.8 Å². The molecule has 0 saturated heterocycles. The molecule has 196 valence electrons. The Kier molecular flexibility index (Phi) is 5.48. The molecule has 1 saturated carbocycles. The van der Waals surface area contributed by atoms with Crippen LogP contribution in [-0.4, -0.2) is 30.3 Å². The molecule has 1 fully saturated rings. The van der Waals surface area contributed by atoms with Gasteiger partial charge in [0.2, 0.25) is 17.7 Å². The standard InChI is InChI=1S/C27H21F3N2O6/c1-35-24(33)15-4-2-3-14(11-15)20-13-18(17-6-8-22(28)32-23(17)36-20)31-25(34)26(9-10-26)16-5-7-19-21(12-16)38-27(29,30)37-19/h2-8,11-12,18,20H,9-10,13H2,1H3,(H,31,34)/t18-,20-/m1/s1. The van der Waals surface area contributed by atoms with E-state index in [1.807, 2.05) is 0 Å². The van der Waals surface area contributed by atoms with Gasteiger partial charge >= 0.3 is 12.3 Å². The lowest BCUT2D eigenvalue weighted by Gasteiger charge is -2.33. The van der Waals surface area contributed by atoms with Crippen LogP contribution in [0.4, 0.5) is 13.2 Å². The number of amides is 1. The molecular weight excluding hydrogens is 505 g/mol. The molecule has 38 heavy (non-hydrogen) atoms. The van der Waals surface area contributed by atoms with Crippen LogP contribution in [0, 0.1) is 5.95 Å². The van der Waals surface area contributed by atoms with E-state index in [0.29, 0.717) is 35.1 Å². The molecule has 1 amide bonds. The van der Waals surface area contributed by atoms with Crippen molar-refractivity contribution in [1.29, 1.82) is 0 Å². The predicted octanol–water partition coefficient (Wildman–Crippen LogP) is 4.74. The molecule has 2 atom stereocenters. The van der Waals surface area contributed by atoms with E-state index in [0.717, 1.165) is 0 Å². The number of methoxy groups -OCH3 is 1. The molecule has 6 rings (SSSR count). The number of rotatable bonds is 5. The quantitative estimate of drug-likeness (QED) is 0.379. The molecule has 3 aliphatic rings. The van der Waals surface area contributed by atoms with E-state index >= 15 is 0 Å².